The number of benzene rings is 3. The summed E-state index contributed by atoms with van der Waals surface area (Å²) >= 11 is 0. The van der Waals surface area contributed by atoms with Gasteiger partial charge in [0.05, 0.1) is 0 Å². The number of hydrogen-bond donors (Lipinski definition) is 0. The maximum atomic E-state index is 14.0. The van der Waals surface area contributed by atoms with Crippen molar-refractivity contribution in [1.82, 2.24) is 0 Å². The summed E-state index contributed by atoms with van der Waals surface area (Å²) in [7, 11) is 0. The summed E-state index contributed by atoms with van der Waals surface area (Å²) in [5, 5.41) is 0. The van der Waals surface area contributed by atoms with Crippen LogP contribution in [0.5, 0.6) is 5.75 Å². The lowest BCUT2D eigenvalue weighted by atomic mass is 9.69. The SMILES string of the molecule is CC1=NC2=C(C(=O)C[C@H](c3ccccc3)C2)[C@@H](c2ccccc2OCc2ccccc2)C1C(=O)OC1CCCC1. The van der Waals surface area contributed by atoms with Gasteiger partial charge in [-0.05, 0) is 62.1 Å². The van der Waals surface area contributed by atoms with E-state index in [4.69, 9.17) is 14.5 Å². The summed E-state index contributed by atoms with van der Waals surface area (Å²) in [6, 6.07) is 28.0. The van der Waals surface area contributed by atoms with Gasteiger partial charge in [0.2, 0.25) is 0 Å². The summed E-state index contributed by atoms with van der Waals surface area (Å²) < 4.78 is 12.4. The van der Waals surface area contributed by atoms with Gasteiger partial charge in [0.1, 0.15) is 24.4 Å². The zero-order valence-electron chi connectivity index (χ0n) is 22.9. The monoisotopic (exact) mass is 533 g/mol. The van der Waals surface area contributed by atoms with Gasteiger partial charge < -0.3 is 9.47 Å². The number of para-hydroxylation sites is 1. The Hall–Kier alpha value is -3.99. The van der Waals surface area contributed by atoms with E-state index in [0.717, 1.165) is 48.1 Å². The zero-order chi connectivity index (χ0) is 27.5. The van der Waals surface area contributed by atoms with Crippen LogP contribution in [0.4, 0.5) is 0 Å². The van der Waals surface area contributed by atoms with Crippen LogP contribution < -0.4 is 4.74 Å². The van der Waals surface area contributed by atoms with Gasteiger partial charge in [-0.3, -0.25) is 14.6 Å². The molecule has 3 aromatic carbocycles. The fourth-order valence-electron chi connectivity index (χ4n) is 6.51. The van der Waals surface area contributed by atoms with Gasteiger partial charge in [0, 0.05) is 34.9 Å². The van der Waals surface area contributed by atoms with Crippen LogP contribution in [0.25, 0.3) is 0 Å². The molecule has 1 unspecified atom stereocenters. The first-order chi connectivity index (χ1) is 19.6. The number of rotatable bonds is 7. The lowest BCUT2D eigenvalue weighted by Gasteiger charge is -2.37. The van der Waals surface area contributed by atoms with E-state index in [1.54, 1.807) is 0 Å². The molecule has 5 nitrogen and oxygen atoms in total. The summed E-state index contributed by atoms with van der Waals surface area (Å²) in [4.78, 5) is 32.8. The molecule has 0 aromatic heterocycles. The van der Waals surface area contributed by atoms with Crippen molar-refractivity contribution in [3.05, 3.63) is 113 Å². The minimum atomic E-state index is -0.668. The van der Waals surface area contributed by atoms with Gasteiger partial charge in [-0.15, -0.1) is 0 Å². The van der Waals surface area contributed by atoms with Crippen LogP contribution in [0.3, 0.4) is 0 Å². The molecule has 0 radical (unpaired) electrons. The van der Waals surface area contributed by atoms with E-state index < -0.39 is 11.8 Å². The first kappa shape index (κ1) is 26.2. The second-order valence-corrected chi connectivity index (χ2v) is 11.2. The highest BCUT2D eigenvalue weighted by atomic mass is 16.5. The summed E-state index contributed by atoms with van der Waals surface area (Å²) in [5.41, 5.74) is 5.15. The fraction of sp³-hybridized carbons (Fsp3) is 0.343. The molecule has 0 saturated heterocycles. The molecule has 0 spiro atoms. The van der Waals surface area contributed by atoms with E-state index in [-0.39, 0.29) is 23.8 Å². The number of esters is 1. The van der Waals surface area contributed by atoms with E-state index in [0.29, 0.717) is 36.5 Å². The Balaban J connectivity index is 1.39. The molecule has 3 atom stereocenters. The van der Waals surface area contributed by atoms with E-state index in [1.165, 1.54) is 0 Å². The molecular formula is C35H35NO4. The topological polar surface area (TPSA) is 65.0 Å². The summed E-state index contributed by atoms with van der Waals surface area (Å²) in [6.07, 6.45) is 4.92. The number of carbonyl (C=O) groups excluding carboxylic acids is 2. The lowest BCUT2D eigenvalue weighted by Crippen LogP contribution is -2.39. The Kier molecular flexibility index (Phi) is 7.63. The highest BCUT2D eigenvalue weighted by Gasteiger charge is 2.46. The van der Waals surface area contributed by atoms with Crippen LogP contribution in [0, 0.1) is 5.92 Å². The molecule has 1 heterocycles. The predicted octanol–water partition coefficient (Wildman–Crippen LogP) is 7.33. The van der Waals surface area contributed by atoms with E-state index in [1.807, 2.05) is 79.7 Å². The van der Waals surface area contributed by atoms with Gasteiger partial charge in [-0.1, -0.05) is 78.9 Å². The average molecular weight is 534 g/mol. The highest BCUT2D eigenvalue weighted by Crippen LogP contribution is 2.49. The highest BCUT2D eigenvalue weighted by molar-refractivity contribution is 6.09. The molecule has 0 N–H and O–H groups in total. The van der Waals surface area contributed by atoms with E-state index in [9.17, 15) is 9.59 Å². The average Bonchev–Trinajstić information content (AvgIpc) is 3.49. The van der Waals surface area contributed by atoms with Crippen LogP contribution in [-0.4, -0.2) is 23.6 Å². The van der Waals surface area contributed by atoms with Crippen LogP contribution in [-0.2, 0) is 20.9 Å². The molecule has 6 rings (SSSR count). The Bertz CT molecular complexity index is 1440. The molecule has 1 fully saturated rings. The van der Waals surface area contributed by atoms with E-state index in [2.05, 4.69) is 12.1 Å². The Morgan fingerprint density at radius 1 is 0.875 bits per heavy atom. The van der Waals surface area contributed by atoms with Gasteiger partial charge in [-0.25, -0.2) is 0 Å². The van der Waals surface area contributed by atoms with Crippen molar-refractivity contribution in [2.75, 3.05) is 0 Å². The number of aliphatic imine (C=N–C) groups is 1. The maximum Gasteiger partial charge on any atom is 0.315 e. The first-order valence-electron chi connectivity index (χ1n) is 14.4. The number of ether oxygens (including phenoxy) is 2. The normalized spacial score (nSPS) is 23.0. The van der Waals surface area contributed by atoms with Crippen molar-refractivity contribution in [2.45, 2.75) is 70.0 Å². The zero-order valence-corrected chi connectivity index (χ0v) is 22.9. The molecule has 5 heteroatoms. The van der Waals surface area contributed by atoms with Crippen LogP contribution in [0.2, 0.25) is 0 Å². The van der Waals surface area contributed by atoms with Crippen LogP contribution in [0.15, 0.2) is 101 Å². The Morgan fingerprint density at radius 3 is 2.30 bits per heavy atom. The Morgan fingerprint density at radius 2 is 1.55 bits per heavy atom. The second kappa shape index (κ2) is 11.6. The van der Waals surface area contributed by atoms with Crippen molar-refractivity contribution in [3.63, 3.8) is 0 Å². The number of Topliss-reactive ketones (excluding diaryl/α,β-unsaturated/α-hetero) is 1. The molecule has 0 bridgehead atoms. The van der Waals surface area contributed by atoms with Gasteiger partial charge in [0.25, 0.3) is 0 Å². The summed E-state index contributed by atoms with van der Waals surface area (Å²) in [6.45, 7) is 2.30. The summed E-state index contributed by atoms with van der Waals surface area (Å²) in [5.74, 6) is -0.671. The standard InChI is InChI=1S/C35H35NO4/c1-23-32(35(38)40-27-16-8-9-17-27)33(28-18-10-11-19-31(28)39-22-24-12-4-2-5-13-24)34-29(36-23)20-26(21-30(34)37)25-14-6-3-7-15-25/h2-7,10-15,18-19,26-27,32-33H,8-9,16-17,20-22H2,1H3/t26-,32?,33+/m1/s1. The minimum Gasteiger partial charge on any atom is -0.489 e. The van der Waals surface area contributed by atoms with Crippen molar-refractivity contribution >= 4 is 17.5 Å². The number of carbonyl (C=O) groups is 2. The number of allylic oxidation sites excluding steroid dienone is 2. The fourth-order valence-corrected chi connectivity index (χ4v) is 6.51. The van der Waals surface area contributed by atoms with Crippen molar-refractivity contribution in [1.29, 1.82) is 0 Å². The quantitative estimate of drug-likeness (QED) is 0.298. The number of hydrogen-bond acceptors (Lipinski definition) is 5. The maximum absolute atomic E-state index is 14.0. The van der Waals surface area contributed by atoms with E-state index >= 15 is 0 Å². The van der Waals surface area contributed by atoms with Gasteiger partial charge >= 0.3 is 5.97 Å². The smallest absolute Gasteiger partial charge is 0.315 e. The molecule has 3 aliphatic rings. The lowest BCUT2D eigenvalue weighted by molar-refractivity contribution is -0.151. The molecular weight excluding hydrogens is 498 g/mol. The Labute approximate surface area is 235 Å². The van der Waals surface area contributed by atoms with Crippen LogP contribution in [0.1, 0.15) is 74.0 Å². The molecule has 2 aliphatic carbocycles. The van der Waals surface area contributed by atoms with Gasteiger partial charge in [-0.2, -0.15) is 0 Å². The predicted molar refractivity (Wildman–Crippen MR) is 155 cm³/mol. The minimum absolute atomic E-state index is 0.0490. The largest absolute Gasteiger partial charge is 0.489 e. The second-order valence-electron chi connectivity index (χ2n) is 11.2. The number of nitrogens with zero attached hydrogens (tertiary/aromatic N) is 1. The molecule has 204 valence electrons. The van der Waals surface area contributed by atoms with Crippen molar-refractivity contribution < 1.29 is 19.1 Å². The van der Waals surface area contributed by atoms with Crippen LogP contribution >= 0.6 is 0 Å². The first-order valence-corrected chi connectivity index (χ1v) is 14.4. The molecule has 3 aromatic rings. The van der Waals surface area contributed by atoms with Crippen molar-refractivity contribution in [2.24, 2.45) is 10.9 Å². The third-order valence-corrected chi connectivity index (χ3v) is 8.49. The molecule has 1 saturated carbocycles. The molecule has 40 heavy (non-hydrogen) atoms. The molecule has 1 aliphatic heterocycles. The number of ketones is 1. The third-order valence-electron chi connectivity index (χ3n) is 8.49. The molecule has 0 amide bonds. The third kappa shape index (κ3) is 5.38. The van der Waals surface area contributed by atoms with Crippen molar-refractivity contribution in [3.8, 4) is 5.75 Å². The van der Waals surface area contributed by atoms with Gasteiger partial charge in [0.15, 0.2) is 5.78 Å².